The van der Waals surface area contributed by atoms with E-state index in [0.717, 1.165) is 49.8 Å². The molecule has 4 aromatic carbocycles. The van der Waals surface area contributed by atoms with Gasteiger partial charge in [-0.05, 0) is 105 Å². The Bertz CT molecular complexity index is 2730. The van der Waals surface area contributed by atoms with Gasteiger partial charge in [0.1, 0.15) is 29.5 Å². The number of para-hydroxylation sites is 1. The summed E-state index contributed by atoms with van der Waals surface area (Å²) in [4.78, 5) is 51.3. The second-order valence-corrected chi connectivity index (χ2v) is 17.5. The van der Waals surface area contributed by atoms with Gasteiger partial charge in [0, 0.05) is 62.3 Å². The van der Waals surface area contributed by atoms with Crippen LogP contribution in [0.2, 0.25) is 0 Å². The average molecular weight is 880 g/mol. The number of nitrogen functional groups attached to an aromatic ring is 1. The van der Waals surface area contributed by atoms with E-state index in [4.69, 9.17) is 20.0 Å². The molecule has 3 heterocycles. The molecule has 7 rings (SSSR count). The summed E-state index contributed by atoms with van der Waals surface area (Å²) >= 11 is 0. The number of phenols is 1. The molecule has 0 saturated heterocycles. The Balaban J connectivity index is 1.18. The Kier molecular flexibility index (Phi) is 14.0. The molecule has 15 nitrogen and oxygen atoms in total. The monoisotopic (exact) mass is 879 g/mol. The lowest BCUT2D eigenvalue weighted by atomic mass is 9.95. The lowest BCUT2D eigenvalue weighted by Gasteiger charge is -2.27. The molecule has 0 aliphatic rings. The van der Waals surface area contributed by atoms with Crippen LogP contribution in [-0.2, 0) is 47.2 Å². The van der Waals surface area contributed by atoms with Gasteiger partial charge in [0.15, 0.2) is 11.8 Å². The van der Waals surface area contributed by atoms with Crippen molar-refractivity contribution in [1.82, 2.24) is 40.2 Å². The van der Waals surface area contributed by atoms with Crippen molar-refractivity contribution in [3.05, 3.63) is 149 Å². The molecule has 7 aromatic rings. The Morgan fingerprint density at radius 2 is 1.54 bits per heavy atom. The third-order valence-electron chi connectivity index (χ3n) is 11.3. The smallest absolute Gasteiger partial charge is 0.408 e. The molecule has 0 unspecified atom stereocenters. The summed E-state index contributed by atoms with van der Waals surface area (Å²) in [6.45, 7) is 9.31. The normalized spacial score (nSPS) is 13.0. The summed E-state index contributed by atoms with van der Waals surface area (Å²) in [6.07, 6.45) is 5.94. The third-order valence-corrected chi connectivity index (χ3v) is 11.3. The van der Waals surface area contributed by atoms with Crippen LogP contribution in [0, 0.1) is 13.8 Å². The van der Waals surface area contributed by atoms with Crippen molar-refractivity contribution in [2.24, 2.45) is 7.05 Å². The Morgan fingerprint density at radius 3 is 2.23 bits per heavy atom. The van der Waals surface area contributed by atoms with Crippen LogP contribution in [0.3, 0.4) is 0 Å². The molecule has 65 heavy (non-hydrogen) atoms. The summed E-state index contributed by atoms with van der Waals surface area (Å²) in [5.41, 5.74) is 12.6. The number of aromatic hydroxyl groups is 1. The van der Waals surface area contributed by atoms with Crippen molar-refractivity contribution in [3.8, 4) is 16.9 Å². The fourth-order valence-corrected chi connectivity index (χ4v) is 8.08. The fourth-order valence-electron chi connectivity index (χ4n) is 8.08. The number of phenolic OH excluding ortho intramolecular Hbond substituents is 1. The molecule has 0 spiro atoms. The number of nitrogens with one attached hydrogen (secondary N) is 3. The molecule has 0 bridgehead atoms. The quantitative estimate of drug-likeness (QED) is 0.0612. The highest BCUT2D eigenvalue weighted by Gasteiger charge is 2.32. The van der Waals surface area contributed by atoms with Gasteiger partial charge in [-0.15, -0.1) is 0 Å². The first-order chi connectivity index (χ1) is 31.1. The maximum atomic E-state index is 14.9. The zero-order chi connectivity index (χ0) is 46.3. The zero-order valence-corrected chi connectivity index (χ0v) is 37.7. The minimum atomic E-state index is -1.16. The highest BCUT2D eigenvalue weighted by Crippen LogP contribution is 2.28. The second-order valence-electron chi connectivity index (χ2n) is 17.5. The number of amides is 3. The maximum Gasteiger partial charge on any atom is 0.408 e. The number of nitrogens with two attached hydrogens (primary N) is 1. The molecule has 0 fully saturated rings. The van der Waals surface area contributed by atoms with Crippen LogP contribution < -0.4 is 21.7 Å². The first-order valence-electron chi connectivity index (χ1n) is 21.8. The topological polar surface area (TPSA) is 204 Å². The third kappa shape index (κ3) is 11.8. The van der Waals surface area contributed by atoms with Gasteiger partial charge < -0.3 is 45.2 Å². The number of benzene rings is 4. The van der Waals surface area contributed by atoms with Crippen LogP contribution in [0.15, 0.2) is 114 Å². The van der Waals surface area contributed by atoms with Crippen molar-refractivity contribution in [1.29, 1.82) is 0 Å². The summed E-state index contributed by atoms with van der Waals surface area (Å²) < 4.78 is 15.3. The van der Waals surface area contributed by atoms with E-state index in [1.807, 2.05) is 86.3 Å². The maximum absolute atomic E-state index is 14.9. The SMILES string of the molecule is Cc1cc(O)cc(C)c1C[C@H](NC(=O)[C@@H](CCCn1ccnc1N)NC(=O)OC(C)(C)C)C(=O)N[C@@H](Cc1cn(C)c2ccccc12)c1nc(Cc2ccc(-c3ccccc3)cc2)no1. The van der Waals surface area contributed by atoms with Crippen LogP contribution in [-0.4, -0.2) is 65.0 Å². The van der Waals surface area contributed by atoms with E-state index >= 15 is 0 Å². The number of anilines is 1. The van der Waals surface area contributed by atoms with E-state index < -0.39 is 41.6 Å². The largest absolute Gasteiger partial charge is 0.508 e. The molecule has 3 atom stereocenters. The van der Waals surface area contributed by atoms with Gasteiger partial charge in [-0.25, -0.2) is 9.78 Å². The number of rotatable bonds is 17. The van der Waals surface area contributed by atoms with E-state index in [9.17, 15) is 19.5 Å². The lowest BCUT2D eigenvalue weighted by Crippen LogP contribution is -2.55. The number of aryl methyl sites for hydroxylation is 4. The van der Waals surface area contributed by atoms with Crippen molar-refractivity contribution < 1.29 is 28.8 Å². The van der Waals surface area contributed by atoms with Gasteiger partial charge in [-0.1, -0.05) is 78.0 Å². The number of carbonyl (C=O) groups is 3. The number of alkyl carbamates (subject to hydrolysis) is 1. The molecule has 15 heteroatoms. The van der Waals surface area contributed by atoms with Gasteiger partial charge in [-0.2, -0.15) is 4.98 Å². The molecule has 0 aliphatic carbocycles. The van der Waals surface area contributed by atoms with E-state index in [1.165, 1.54) is 0 Å². The van der Waals surface area contributed by atoms with Gasteiger partial charge in [0.25, 0.3) is 0 Å². The van der Waals surface area contributed by atoms with Gasteiger partial charge >= 0.3 is 6.09 Å². The molecule has 3 aromatic heterocycles. The molecule has 338 valence electrons. The number of aromatic nitrogens is 5. The molecule has 0 radical (unpaired) electrons. The first-order valence-corrected chi connectivity index (χ1v) is 21.8. The molecular weight excluding hydrogens is 823 g/mol. The van der Waals surface area contributed by atoms with Crippen molar-refractivity contribution in [3.63, 3.8) is 0 Å². The van der Waals surface area contributed by atoms with Crippen LogP contribution >= 0.6 is 0 Å². The highest BCUT2D eigenvalue weighted by molar-refractivity contribution is 5.92. The summed E-state index contributed by atoms with van der Waals surface area (Å²) in [6, 6.07) is 26.5. The van der Waals surface area contributed by atoms with Crippen LogP contribution in [0.4, 0.5) is 10.7 Å². The summed E-state index contributed by atoms with van der Waals surface area (Å²) in [5, 5.41) is 24.6. The molecule has 6 N–H and O–H groups in total. The number of hydrogen-bond donors (Lipinski definition) is 5. The van der Waals surface area contributed by atoms with E-state index in [-0.39, 0.29) is 24.5 Å². The molecule has 0 aliphatic heterocycles. The number of ether oxygens (including phenoxy) is 1. The van der Waals surface area contributed by atoms with E-state index in [2.05, 4.69) is 50.4 Å². The van der Waals surface area contributed by atoms with Crippen molar-refractivity contribution >= 4 is 34.8 Å². The highest BCUT2D eigenvalue weighted by atomic mass is 16.6. The van der Waals surface area contributed by atoms with E-state index in [1.54, 1.807) is 49.9 Å². The molecule has 0 saturated carbocycles. The Labute approximate surface area is 378 Å². The number of fused-ring (bicyclic) bond motifs is 1. The lowest BCUT2D eigenvalue weighted by molar-refractivity contribution is -0.130. The van der Waals surface area contributed by atoms with Gasteiger partial charge in [-0.3, -0.25) is 9.59 Å². The summed E-state index contributed by atoms with van der Waals surface area (Å²) in [5.74, 6) is -0.0535. The standard InChI is InChI=1S/C50H57N9O6/c1-31-25-37(60)26-32(2)39(31)29-41(53-45(61)40(55-49(63)64-50(3,4)5)16-12-23-59-24-22-52-48(59)51)46(62)54-42(28-36-30-58(6)43-17-11-10-15-38(36)43)47-56-44(57-65-47)27-33-18-20-35(21-19-33)34-13-8-7-9-14-34/h7-11,13-15,17-22,24-26,30,40-42,60H,12,16,23,27-29H2,1-6H3,(H2,51,52)(H,53,61)(H,54,62)(H,55,63)/t40-,41+,42+/m1/s1. The van der Waals surface area contributed by atoms with Crippen LogP contribution in [0.5, 0.6) is 5.75 Å². The predicted octanol–water partition coefficient (Wildman–Crippen LogP) is 7.42. The van der Waals surface area contributed by atoms with Crippen molar-refractivity contribution in [2.75, 3.05) is 5.73 Å². The minimum absolute atomic E-state index is 0.0648. The van der Waals surface area contributed by atoms with Crippen LogP contribution in [0.1, 0.15) is 79.2 Å². The second kappa shape index (κ2) is 20.0. The Morgan fingerprint density at radius 1 is 0.862 bits per heavy atom. The predicted molar refractivity (Wildman–Crippen MR) is 249 cm³/mol. The van der Waals surface area contributed by atoms with Gasteiger partial charge in [0.05, 0.1) is 0 Å². The molecule has 3 amide bonds. The minimum Gasteiger partial charge on any atom is -0.508 e. The Hall–Kier alpha value is -7.42. The molecular formula is C50H57N9O6. The number of carbonyl (C=O) groups excluding carboxylic acids is 3. The average Bonchev–Trinajstić information content (AvgIpc) is 3.99. The number of nitrogens with zero attached hydrogens (tertiary/aromatic N) is 5. The number of hydrogen-bond acceptors (Lipinski definition) is 10. The zero-order valence-electron chi connectivity index (χ0n) is 37.7. The number of imidazole rings is 1. The summed E-state index contributed by atoms with van der Waals surface area (Å²) in [7, 11) is 1.97. The van der Waals surface area contributed by atoms with Gasteiger partial charge in [0.2, 0.25) is 17.7 Å². The fraction of sp³-hybridized carbons (Fsp3) is 0.320. The van der Waals surface area contributed by atoms with E-state index in [0.29, 0.717) is 37.6 Å². The van der Waals surface area contributed by atoms with Crippen molar-refractivity contribution in [2.45, 2.75) is 97.0 Å². The first kappa shape index (κ1) is 45.6. The van der Waals surface area contributed by atoms with Crippen LogP contribution in [0.25, 0.3) is 22.0 Å².